The Hall–Kier alpha value is -2.69. The van der Waals surface area contributed by atoms with Gasteiger partial charge >= 0.3 is 11.9 Å². The van der Waals surface area contributed by atoms with E-state index in [4.69, 9.17) is 0 Å². The Kier molecular flexibility index (Phi) is 6.54. The second-order valence-corrected chi connectivity index (χ2v) is 8.98. The summed E-state index contributed by atoms with van der Waals surface area (Å²) in [5, 5.41) is 2.44. The van der Waals surface area contributed by atoms with Crippen molar-refractivity contribution in [2.45, 2.75) is 36.1 Å². The average molecular weight is 462 g/mol. The molecule has 0 aliphatic carbocycles. The van der Waals surface area contributed by atoms with E-state index in [0.29, 0.717) is 18.8 Å². The SMILES string of the molecule is O=C(Nc1cc(C(F)(F)F)ccc1N1CCCCC1)c1ccc(S(=O)(=O)C(F)F)cc1. The predicted octanol–water partition coefficient (Wildman–Crippen LogP) is 4.94. The number of hydrogen-bond acceptors (Lipinski definition) is 4. The standard InChI is InChI=1S/C20H19F5N2O3S/c21-19(22)31(29,30)15-7-4-13(5-8-15)18(28)26-16-12-14(20(23,24)25)6-9-17(16)27-10-2-1-3-11-27/h4-9,12,19H,1-3,10-11H2,(H,26,28). The third kappa shape index (κ3) is 5.15. The highest BCUT2D eigenvalue weighted by atomic mass is 32.2. The Balaban J connectivity index is 1.90. The first kappa shape index (κ1) is 23.0. The minimum absolute atomic E-state index is 0.0361. The maximum atomic E-state index is 13.2. The number of nitrogens with one attached hydrogen (secondary N) is 1. The molecule has 11 heteroatoms. The first-order valence-electron chi connectivity index (χ1n) is 9.40. The van der Waals surface area contributed by atoms with Crippen molar-refractivity contribution in [2.75, 3.05) is 23.3 Å². The second kappa shape index (κ2) is 8.81. The van der Waals surface area contributed by atoms with Gasteiger partial charge in [0.1, 0.15) is 0 Å². The number of anilines is 2. The van der Waals surface area contributed by atoms with Gasteiger partial charge in [0.15, 0.2) is 0 Å². The molecular formula is C20H19F5N2O3S. The molecule has 1 amide bonds. The van der Waals surface area contributed by atoms with Gasteiger partial charge in [-0.25, -0.2) is 8.42 Å². The fourth-order valence-electron chi connectivity index (χ4n) is 3.32. The molecule has 1 heterocycles. The van der Waals surface area contributed by atoms with Crippen molar-refractivity contribution in [3.8, 4) is 0 Å². The van der Waals surface area contributed by atoms with Gasteiger partial charge in [-0.3, -0.25) is 4.79 Å². The lowest BCUT2D eigenvalue weighted by Gasteiger charge is -2.31. The van der Waals surface area contributed by atoms with Gasteiger partial charge in [0.25, 0.3) is 5.91 Å². The summed E-state index contributed by atoms with van der Waals surface area (Å²) in [5.41, 5.74) is -0.610. The Bertz CT molecular complexity index is 1050. The van der Waals surface area contributed by atoms with Crippen molar-refractivity contribution in [2.24, 2.45) is 0 Å². The third-order valence-electron chi connectivity index (χ3n) is 4.95. The van der Waals surface area contributed by atoms with Crippen LogP contribution in [0.5, 0.6) is 0 Å². The Morgan fingerprint density at radius 1 is 0.968 bits per heavy atom. The van der Waals surface area contributed by atoms with Crippen LogP contribution in [0.2, 0.25) is 0 Å². The van der Waals surface area contributed by atoms with Crippen molar-refractivity contribution in [1.29, 1.82) is 0 Å². The van der Waals surface area contributed by atoms with Gasteiger partial charge in [-0.05, 0) is 61.7 Å². The number of carbonyl (C=O) groups is 1. The lowest BCUT2D eigenvalue weighted by atomic mass is 10.1. The molecule has 1 saturated heterocycles. The molecule has 1 fully saturated rings. The van der Waals surface area contributed by atoms with Crippen LogP contribution in [-0.4, -0.2) is 33.2 Å². The molecule has 0 unspecified atom stereocenters. The van der Waals surface area contributed by atoms with Gasteiger partial charge in [-0.1, -0.05) is 0 Å². The van der Waals surface area contributed by atoms with Crippen LogP contribution in [-0.2, 0) is 16.0 Å². The Morgan fingerprint density at radius 2 is 1.58 bits per heavy atom. The summed E-state index contributed by atoms with van der Waals surface area (Å²) in [6, 6.07) is 6.86. The summed E-state index contributed by atoms with van der Waals surface area (Å²) in [7, 11) is -4.82. The number of benzene rings is 2. The Labute approximate surface area is 175 Å². The van der Waals surface area contributed by atoms with E-state index in [1.165, 1.54) is 6.07 Å². The molecule has 0 spiro atoms. The van der Waals surface area contributed by atoms with E-state index in [1.54, 1.807) is 0 Å². The van der Waals surface area contributed by atoms with E-state index in [2.05, 4.69) is 5.32 Å². The molecule has 0 radical (unpaired) electrons. The monoisotopic (exact) mass is 462 g/mol. The van der Waals surface area contributed by atoms with Gasteiger partial charge < -0.3 is 10.2 Å². The molecule has 1 aliphatic heterocycles. The van der Waals surface area contributed by atoms with Gasteiger partial charge in [-0.2, -0.15) is 22.0 Å². The van der Waals surface area contributed by atoms with Gasteiger partial charge in [0.2, 0.25) is 9.84 Å². The van der Waals surface area contributed by atoms with Crippen LogP contribution in [0.25, 0.3) is 0 Å². The zero-order valence-corrected chi connectivity index (χ0v) is 16.9. The minimum atomic E-state index is -4.82. The number of halogens is 5. The number of sulfone groups is 1. The van der Waals surface area contributed by atoms with E-state index in [9.17, 15) is 35.2 Å². The lowest BCUT2D eigenvalue weighted by molar-refractivity contribution is -0.137. The molecule has 0 atom stereocenters. The van der Waals surface area contributed by atoms with E-state index in [0.717, 1.165) is 55.7 Å². The summed E-state index contributed by atoms with van der Waals surface area (Å²) in [6.07, 6.45) is -1.86. The van der Waals surface area contributed by atoms with Crippen LogP contribution in [0, 0.1) is 0 Å². The number of carbonyl (C=O) groups excluding carboxylic acids is 1. The highest BCUT2D eigenvalue weighted by Gasteiger charge is 2.32. The summed E-state index contributed by atoms with van der Waals surface area (Å²) >= 11 is 0. The molecule has 0 saturated carbocycles. The highest BCUT2D eigenvalue weighted by Crippen LogP contribution is 2.36. The summed E-state index contributed by atoms with van der Waals surface area (Å²) in [5.74, 6) is -4.40. The topological polar surface area (TPSA) is 66.5 Å². The van der Waals surface area contributed by atoms with Crippen LogP contribution in [0.15, 0.2) is 47.4 Å². The highest BCUT2D eigenvalue weighted by molar-refractivity contribution is 7.91. The van der Waals surface area contributed by atoms with E-state index >= 15 is 0 Å². The van der Waals surface area contributed by atoms with Crippen LogP contribution < -0.4 is 10.2 Å². The van der Waals surface area contributed by atoms with Crippen LogP contribution in [0.1, 0.15) is 35.2 Å². The minimum Gasteiger partial charge on any atom is -0.370 e. The number of alkyl halides is 5. The molecule has 1 aliphatic rings. The predicted molar refractivity (Wildman–Crippen MR) is 105 cm³/mol. The van der Waals surface area contributed by atoms with Gasteiger partial charge in [-0.15, -0.1) is 0 Å². The summed E-state index contributed by atoms with van der Waals surface area (Å²) in [4.78, 5) is 13.8. The molecular weight excluding hydrogens is 443 g/mol. The van der Waals surface area contributed by atoms with Gasteiger partial charge in [0.05, 0.1) is 21.8 Å². The maximum Gasteiger partial charge on any atom is 0.416 e. The molecule has 3 rings (SSSR count). The molecule has 0 bridgehead atoms. The maximum absolute atomic E-state index is 13.2. The van der Waals surface area contributed by atoms with Crippen molar-refractivity contribution in [3.63, 3.8) is 0 Å². The number of rotatable bonds is 5. The number of amides is 1. The Morgan fingerprint density at radius 3 is 2.13 bits per heavy atom. The van der Waals surface area contributed by atoms with Crippen molar-refractivity contribution in [1.82, 2.24) is 0 Å². The molecule has 31 heavy (non-hydrogen) atoms. The quantitative estimate of drug-likeness (QED) is 0.639. The smallest absolute Gasteiger partial charge is 0.370 e. The van der Waals surface area contributed by atoms with Crippen LogP contribution >= 0.6 is 0 Å². The largest absolute Gasteiger partial charge is 0.416 e. The number of hydrogen-bond donors (Lipinski definition) is 1. The van der Waals surface area contributed by atoms with Crippen LogP contribution in [0.4, 0.5) is 33.3 Å². The zero-order chi connectivity index (χ0) is 22.8. The first-order valence-corrected chi connectivity index (χ1v) is 10.9. The summed E-state index contributed by atoms with van der Waals surface area (Å²) in [6.45, 7) is 1.27. The first-order chi connectivity index (χ1) is 14.5. The molecule has 168 valence electrons. The third-order valence-corrected chi connectivity index (χ3v) is 6.35. The fourth-order valence-corrected chi connectivity index (χ4v) is 4.04. The number of piperidine rings is 1. The lowest BCUT2D eigenvalue weighted by Crippen LogP contribution is -2.30. The normalized spacial score (nSPS) is 15.2. The molecule has 2 aromatic carbocycles. The molecule has 5 nitrogen and oxygen atoms in total. The van der Waals surface area contributed by atoms with E-state index in [-0.39, 0.29) is 11.3 Å². The number of nitrogens with zero attached hydrogens (tertiary/aromatic N) is 1. The van der Waals surface area contributed by atoms with Crippen molar-refractivity contribution in [3.05, 3.63) is 53.6 Å². The summed E-state index contributed by atoms with van der Waals surface area (Å²) < 4.78 is 87.8. The molecule has 1 N–H and O–H groups in total. The van der Waals surface area contributed by atoms with Crippen LogP contribution in [0.3, 0.4) is 0 Å². The fraction of sp³-hybridized carbons (Fsp3) is 0.350. The molecule has 2 aromatic rings. The van der Waals surface area contributed by atoms with E-state index < -0.39 is 38.1 Å². The van der Waals surface area contributed by atoms with E-state index in [1.807, 2.05) is 4.90 Å². The second-order valence-electron chi connectivity index (χ2n) is 7.06. The zero-order valence-electron chi connectivity index (χ0n) is 16.1. The van der Waals surface area contributed by atoms with Crippen molar-refractivity contribution < 1.29 is 35.2 Å². The van der Waals surface area contributed by atoms with Crippen molar-refractivity contribution >= 4 is 27.1 Å². The molecule has 0 aromatic heterocycles. The average Bonchev–Trinajstić information content (AvgIpc) is 2.73. The van der Waals surface area contributed by atoms with Gasteiger partial charge in [0, 0.05) is 18.7 Å².